The summed E-state index contributed by atoms with van der Waals surface area (Å²) >= 11 is 0. The third kappa shape index (κ3) is 13.6. The molecule has 0 saturated carbocycles. The highest BCUT2D eigenvalue weighted by atomic mass is 19.4. The van der Waals surface area contributed by atoms with Gasteiger partial charge in [-0.3, -0.25) is 14.5 Å². The molecule has 4 aliphatic rings. The third-order valence-electron chi connectivity index (χ3n) is 12.6. The van der Waals surface area contributed by atoms with Crippen LogP contribution in [0.25, 0.3) is 0 Å². The van der Waals surface area contributed by atoms with Gasteiger partial charge in [-0.25, -0.2) is 24.4 Å². The van der Waals surface area contributed by atoms with Crippen LogP contribution in [0.5, 0.6) is 0 Å². The minimum atomic E-state index is -5.81. The third-order valence-corrected chi connectivity index (χ3v) is 12.6. The second-order valence-corrected chi connectivity index (χ2v) is 18.9. The number of ether oxygens (including phenoxy) is 3. The summed E-state index contributed by atoms with van der Waals surface area (Å²) in [4.78, 5) is 77.2. The van der Waals surface area contributed by atoms with Gasteiger partial charge >= 0.3 is 43.0 Å². The molecule has 400 valence electrons. The SMILES string of the molecule is CN(C(=O)c1cn2c(n1)CN(C(=O)OC(C)(C)C)CC2)C1(C)CCN(C(=O)OC(C(F)(F)F)C(F)(F)F)CC1.CN(C(=O)c1cn2c(n1)CNCC2)C1(C)CCN(C(=O)OC(C(F)(F)F)C(F)(F)F)CC1. The summed E-state index contributed by atoms with van der Waals surface area (Å²) in [6, 6.07) is 0. The average Bonchev–Trinajstić information content (AvgIpc) is 3.89. The van der Waals surface area contributed by atoms with Crippen molar-refractivity contribution in [2.24, 2.45) is 0 Å². The number of alkyl halides is 12. The Morgan fingerprint density at radius 2 is 0.958 bits per heavy atom. The summed E-state index contributed by atoms with van der Waals surface area (Å²) in [5, 5.41) is 3.14. The van der Waals surface area contributed by atoms with Gasteiger partial charge in [-0.05, 0) is 60.3 Å². The first-order chi connectivity index (χ1) is 32.4. The van der Waals surface area contributed by atoms with Crippen molar-refractivity contribution in [2.75, 3.05) is 53.4 Å². The van der Waals surface area contributed by atoms with Crippen molar-refractivity contribution in [2.45, 2.75) is 140 Å². The van der Waals surface area contributed by atoms with E-state index in [4.69, 9.17) is 4.74 Å². The number of piperidine rings is 2. The van der Waals surface area contributed by atoms with Crippen LogP contribution >= 0.6 is 0 Å². The molecular formula is C41H54F12N10O8. The summed E-state index contributed by atoms with van der Waals surface area (Å²) in [6.45, 7) is 10.7. The van der Waals surface area contributed by atoms with Crippen molar-refractivity contribution in [3.63, 3.8) is 0 Å². The zero-order valence-electron chi connectivity index (χ0n) is 39.5. The van der Waals surface area contributed by atoms with Crippen LogP contribution < -0.4 is 5.32 Å². The highest BCUT2D eigenvalue weighted by molar-refractivity contribution is 5.93. The molecule has 2 fully saturated rings. The second kappa shape index (κ2) is 20.4. The Labute approximate surface area is 398 Å². The monoisotopic (exact) mass is 1040 g/mol. The van der Waals surface area contributed by atoms with E-state index in [0.29, 0.717) is 32.0 Å². The molecule has 6 heterocycles. The molecule has 71 heavy (non-hydrogen) atoms. The lowest BCUT2D eigenvalue weighted by Crippen LogP contribution is -2.56. The zero-order chi connectivity index (χ0) is 53.4. The van der Waals surface area contributed by atoms with Crippen LogP contribution in [0.3, 0.4) is 0 Å². The molecule has 0 atom stereocenters. The topological polar surface area (TPSA) is 177 Å². The highest BCUT2D eigenvalue weighted by Crippen LogP contribution is 2.39. The molecule has 2 saturated heterocycles. The van der Waals surface area contributed by atoms with E-state index in [9.17, 15) is 76.7 Å². The first kappa shape index (κ1) is 56.2. The van der Waals surface area contributed by atoms with Gasteiger partial charge in [0, 0.05) is 89.9 Å². The van der Waals surface area contributed by atoms with E-state index in [0.717, 1.165) is 22.2 Å². The summed E-state index contributed by atoms with van der Waals surface area (Å²) in [5.74, 6) is 0.378. The molecule has 0 radical (unpaired) electrons. The predicted molar refractivity (Wildman–Crippen MR) is 220 cm³/mol. The number of amides is 5. The Balaban J connectivity index is 0.000000269. The van der Waals surface area contributed by atoms with Gasteiger partial charge in [0.1, 0.15) is 28.6 Å². The van der Waals surface area contributed by atoms with E-state index in [2.05, 4.69) is 24.8 Å². The maximum Gasteiger partial charge on any atom is 0.434 e. The van der Waals surface area contributed by atoms with Crippen molar-refractivity contribution >= 4 is 30.1 Å². The Kier molecular flexibility index (Phi) is 16.2. The number of rotatable bonds is 6. The Hall–Kier alpha value is -5.71. The number of imidazole rings is 2. The fourth-order valence-electron chi connectivity index (χ4n) is 7.97. The van der Waals surface area contributed by atoms with Crippen LogP contribution in [-0.2, 0) is 40.4 Å². The smallest absolute Gasteiger partial charge is 0.434 e. The van der Waals surface area contributed by atoms with E-state index in [-0.39, 0.29) is 75.7 Å². The largest absolute Gasteiger partial charge is 0.444 e. The van der Waals surface area contributed by atoms with Crippen LogP contribution in [-0.4, -0.2) is 181 Å². The van der Waals surface area contributed by atoms with E-state index >= 15 is 0 Å². The number of carbonyl (C=O) groups is 5. The number of hydrogen-bond acceptors (Lipinski definition) is 11. The zero-order valence-corrected chi connectivity index (χ0v) is 39.5. The maximum absolute atomic E-state index is 13.2. The molecule has 0 bridgehead atoms. The standard InChI is InChI=1S/C23H31F6N5O5.C18H23F6N5O3/c1-20(2,3)39-19(37)34-11-10-33-12-14(30-15(33)13-34)16(35)31(5)21(4)6-8-32(9-7-21)18(36)38-17(22(24,25)26)23(27,28)29;1-16(27(2)13(30)11-10-29-8-5-25-9-12(29)26-11)3-6-28(7-4-16)15(31)32-14(17(19,20)21)18(22,23)24/h12,17H,6-11,13H2,1-5H3;10,14,25H,3-9H2,1-2H3. The molecule has 4 aliphatic heterocycles. The molecule has 6 rings (SSSR count). The van der Waals surface area contributed by atoms with E-state index < -0.39 is 77.8 Å². The summed E-state index contributed by atoms with van der Waals surface area (Å²) in [7, 11) is 3.06. The highest BCUT2D eigenvalue weighted by Gasteiger charge is 2.61. The number of nitrogens with one attached hydrogen (secondary N) is 1. The molecular weight excluding hydrogens is 988 g/mol. The minimum absolute atomic E-state index is 0.0764. The van der Waals surface area contributed by atoms with Crippen LogP contribution in [0.2, 0.25) is 0 Å². The van der Waals surface area contributed by atoms with Crippen molar-refractivity contribution in [3.05, 3.63) is 35.4 Å². The predicted octanol–water partition coefficient (Wildman–Crippen LogP) is 6.73. The van der Waals surface area contributed by atoms with Gasteiger partial charge in [0.15, 0.2) is 0 Å². The maximum atomic E-state index is 13.2. The lowest BCUT2D eigenvalue weighted by molar-refractivity contribution is -0.309. The lowest BCUT2D eigenvalue weighted by atomic mass is 9.88. The minimum Gasteiger partial charge on any atom is -0.444 e. The van der Waals surface area contributed by atoms with E-state index in [1.54, 1.807) is 58.6 Å². The molecule has 2 aromatic heterocycles. The van der Waals surface area contributed by atoms with Crippen molar-refractivity contribution in [1.82, 2.24) is 48.9 Å². The molecule has 18 nitrogen and oxygen atoms in total. The summed E-state index contributed by atoms with van der Waals surface area (Å²) in [6.07, 6.45) is -31.9. The van der Waals surface area contributed by atoms with Gasteiger partial charge in [-0.15, -0.1) is 0 Å². The lowest BCUT2D eigenvalue weighted by Gasteiger charge is -2.44. The fourth-order valence-corrected chi connectivity index (χ4v) is 7.97. The molecule has 0 unspecified atom stereocenters. The molecule has 30 heteroatoms. The Bertz CT molecular complexity index is 2210. The second-order valence-electron chi connectivity index (χ2n) is 18.9. The number of halogens is 12. The first-order valence-electron chi connectivity index (χ1n) is 22.0. The van der Waals surface area contributed by atoms with Crippen LogP contribution in [0, 0.1) is 0 Å². The van der Waals surface area contributed by atoms with Gasteiger partial charge in [-0.1, -0.05) is 0 Å². The van der Waals surface area contributed by atoms with Crippen molar-refractivity contribution in [1.29, 1.82) is 0 Å². The summed E-state index contributed by atoms with van der Waals surface area (Å²) in [5.41, 5.74) is -1.96. The van der Waals surface area contributed by atoms with Gasteiger partial charge in [-0.2, -0.15) is 52.7 Å². The number of carbonyl (C=O) groups excluding carboxylic acids is 5. The van der Waals surface area contributed by atoms with Crippen molar-refractivity contribution < 1.29 is 90.9 Å². The van der Waals surface area contributed by atoms with E-state index in [1.807, 2.05) is 4.57 Å². The van der Waals surface area contributed by atoms with Gasteiger partial charge in [0.05, 0.1) is 13.1 Å². The van der Waals surface area contributed by atoms with Gasteiger partial charge in [0.25, 0.3) is 24.0 Å². The van der Waals surface area contributed by atoms with Crippen molar-refractivity contribution in [3.8, 4) is 0 Å². The Morgan fingerprint density at radius 1 is 0.577 bits per heavy atom. The van der Waals surface area contributed by atoms with Crippen LogP contribution in [0.15, 0.2) is 12.4 Å². The number of aromatic nitrogens is 4. The quantitative estimate of drug-likeness (QED) is 0.240. The van der Waals surface area contributed by atoms with Crippen LogP contribution in [0.1, 0.15) is 92.9 Å². The summed E-state index contributed by atoms with van der Waals surface area (Å²) < 4.78 is 169. The average molecular weight is 1040 g/mol. The molecule has 1 N–H and O–H groups in total. The number of hydrogen-bond donors (Lipinski definition) is 1. The number of nitrogens with zero attached hydrogens (tertiary/aromatic N) is 9. The normalized spacial score (nSPS) is 18.5. The molecule has 0 spiro atoms. The fraction of sp³-hybridized carbons (Fsp3) is 0.732. The van der Waals surface area contributed by atoms with E-state index in [1.165, 1.54) is 21.7 Å². The Morgan fingerprint density at radius 3 is 1.32 bits per heavy atom. The number of fused-ring (bicyclic) bond motifs is 2. The first-order valence-corrected chi connectivity index (χ1v) is 22.0. The van der Waals surface area contributed by atoms with Gasteiger partial charge < -0.3 is 48.3 Å². The number of likely N-dealkylation sites (tertiary alicyclic amines) is 2. The molecule has 0 aromatic carbocycles. The van der Waals surface area contributed by atoms with Crippen LogP contribution in [0.4, 0.5) is 67.1 Å². The molecule has 5 amide bonds. The molecule has 2 aromatic rings. The molecule has 0 aliphatic carbocycles. The van der Waals surface area contributed by atoms with Gasteiger partial charge in [0.2, 0.25) is 0 Å².